The molecule has 6 atom stereocenters. The summed E-state index contributed by atoms with van der Waals surface area (Å²) >= 11 is 0. The average Bonchev–Trinajstić information content (AvgIpc) is 1.53. The Morgan fingerprint density at radius 2 is 0.628 bits per heavy atom. The molecule has 86 heavy (non-hydrogen) atoms. The maximum Gasteiger partial charge on any atom is 0.336 e. The number of aliphatic hydroxyl groups is 3. The lowest BCUT2D eigenvalue weighted by Crippen LogP contribution is -2.36. The number of fused-ring (bicyclic) bond motifs is 9. The van der Waals surface area contributed by atoms with Crippen molar-refractivity contribution in [3.05, 3.63) is 151 Å². The predicted octanol–water partition coefficient (Wildman–Crippen LogP) is 7.18. The van der Waals surface area contributed by atoms with E-state index >= 15 is 0 Å². The molecule has 0 spiro atoms. The molecule has 3 aliphatic heterocycles. The number of ether oxygens (including phenoxy) is 13. The largest absolute Gasteiger partial charge is 0.504 e. The molecule has 0 amide bonds. The van der Waals surface area contributed by atoms with Crippen molar-refractivity contribution in [3.63, 3.8) is 0 Å². The lowest BCUT2D eigenvalue weighted by atomic mass is 10.0. The number of phenolic OH excluding ortho intramolecular Hbond substituents is 3. The normalized spacial score (nSPS) is 17.9. The summed E-state index contributed by atoms with van der Waals surface area (Å²) in [6.07, 6.45) is -4.65. The van der Waals surface area contributed by atoms with Crippen LogP contribution in [0.3, 0.4) is 0 Å². The van der Waals surface area contributed by atoms with Crippen molar-refractivity contribution in [2.75, 3.05) is 69.6 Å². The Kier molecular flexibility index (Phi) is 17.0. The lowest BCUT2D eigenvalue weighted by molar-refractivity contribution is -0.0137. The highest BCUT2D eigenvalue weighted by Crippen LogP contribution is 2.53. The number of methoxy groups -OCH3 is 7. The second kappa shape index (κ2) is 24.8. The molecule has 0 radical (unpaired) electrons. The zero-order valence-corrected chi connectivity index (χ0v) is 46.8. The first-order chi connectivity index (χ1) is 41.6. The molecule has 6 heterocycles. The van der Waals surface area contributed by atoms with Crippen LogP contribution >= 0.6 is 0 Å². The minimum Gasteiger partial charge on any atom is -0.504 e. The predicted molar refractivity (Wildman–Crippen MR) is 302 cm³/mol. The molecule has 9 aromatic rings. The smallest absolute Gasteiger partial charge is 0.336 e. The van der Waals surface area contributed by atoms with Crippen LogP contribution in [0.5, 0.6) is 92.0 Å². The Morgan fingerprint density at radius 3 is 0.965 bits per heavy atom. The minimum atomic E-state index is -0.850. The fourth-order valence-electron chi connectivity index (χ4n) is 9.85. The average molecular weight is 1190 g/mol. The van der Waals surface area contributed by atoms with Crippen LogP contribution in [0, 0.1) is 0 Å². The third kappa shape index (κ3) is 11.2. The molecule has 3 aliphatic rings. The van der Waals surface area contributed by atoms with E-state index in [2.05, 4.69) is 0 Å². The fraction of sp³-hybridized carbons (Fsp3) is 0.262. The van der Waals surface area contributed by atoms with Crippen molar-refractivity contribution in [3.8, 4) is 92.0 Å². The highest BCUT2D eigenvalue weighted by molar-refractivity contribution is 5.90. The summed E-state index contributed by atoms with van der Waals surface area (Å²) < 4.78 is 89.2. The quantitative estimate of drug-likeness (QED) is 0.0623. The van der Waals surface area contributed by atoms with Gasteiger partial charge in [0.1, 0.15) is 0 Å². The van der Waals surface area contributed by atoms with Gasteiger partial charge in [-0.1, -0.05) is 12.1 Å². The van der Waals surface area contributed by atoms with Gasteiger partial charge in [-0.05, 0) is 72.8 Å². The number of benzene rings is 6. The van der Waals surface area contributed by atoms with Gasteiger partial charge in [0, 0.05) is 51.0 Å². The van der Waals surface area contributed by atoms with Crippen molar-refractivity contribution in [1.29, 1.82) is 0 Å². The van der Waals surface area contributed by atoms with Gasteiger partial charge in [-0.3, -0.25) is 0 Å². The Balaban J connectivity index is 0.000000143. The molecule has 450 valence electrons. The third-order valence-corrected chi connectivity index (χ3v) is 14.0. The summed E-state index contributed by atoms with van der Waals surface area (Å²) in [6, 6.07) is 26.2. The van der Waals surface area contributed by atoms with E-state index in [1.54, 1.807) is 72.8 Å². The van der Waals surface area contributed by atoms with Crippen LogP contribution in [-0.2, 0) is 0 Å². The monoisotopic (exact) mass is 1190 g/mol. The molecule has 0 saturated heterocycles. The highest BCUT2D eigenvalue weighted by Gasteiger charge is 2.40. The van der Waals surface area contributed by atoms with Gasteiger partial charge in [-0.2, -0.15) is 0 Å². The van der Waals surface area contributed by atoms with Gasteiger partial charge in [0.15, 0.2) is 105 Å². The number of phenols is 3. The molecule has 25 heteroatoms. The minimum absolute atomic E-state index is 0.0192. The summed E-state index contributed by atoms with van der Waals surface area (Å²) in [7, 11) is 10.1. The van der Waals surface area contributed by atoms with Gasteiger partial charge in [0.05, 0.1) is 69.6 Å². The van der Waals surface area contributed by atoms with Crippen LogP contribution < -0.4 is 78.5 Å². The van der Waals surface area contributed by atoms with E-state index in [1.807, 2.05) is 0 Å². The Morgan fingerprint density at radius 1 is 0.337 bits per heavy atom. The fourth-order valence-corrected chi connectivity index (χ4v) is 9.85. The van der Waals surface area contributed by atoms with E-state index in [0.717, 1.165) is 0 Å². The zero-order chi connectivity index (χ0) is 61.1. The molecule has 6 aromatic carbocycles. The number of hydrogen-bond acceptors (Lipinski definition) is 25. The molecule has 0 fully saturated rings. The molecule has 3 aromatic heterocycles. The SMILES string of the molecule is COc1cc([C@@H]2Oc3c(c(OC)cc4ccc(=O)oc34)O[C@H]2CO)ccc1O.COc1cc([C@H]2Oc3c(OC)cc4ccc(=O)oc4c3O[C@@H]2CO)cc(OC)c1O.COc1cc([C@H]2Oc3c(OC)cc4ccc(=O)oc4c3O[C@@H]2CO)ccc1O. The summed E-state index contributed by atoms with van der Waals surface area (Å²) in [5.74, 6) is 3.08. The van der Waals surface area contributed by atoms with Crippen molar-refractivity contribution in [2.24, 2.45) is 0 Å². The summed E-state index contributed by atoms with van der Waals surface area (Å²) in [5.41, 5.74) is 0.765. The number of rotatable bonds is 13. The van der Waals surface area contributed by atoms with Gasteiger partial charge in [-0.15, -0.1) is 0 Å². The van der Waals surface area contributed by atoms with Crippen molar-refractivity contribution >= 4 is 32.9 Å². The lowest BCUT2D eigenvalue weighted by Gasteiger charge is -2.34. The molecule has 25 nitrogen and oxygen atoms in total. The van der Waals surface area contributed by atoms with Gasteiger partial charge < -0.3 is 105 Å². The second-order valence-electron chi connectivity index (χ2n) is 19.0. The number of hydrogen-bond donors (Lipinski definition) is 6. The molecule has 0 aliphatic carbocycles. The molecule has 12 rings (SSSR count). The Labute approximate surface area is 486 Å². The zero-order valence-electron chi connectivity index (χ0n) is 46.8. The van der Waals surface area contributed by atoms with E-state index in [4.69, 9.17) is 74.8 Å². The maximum atomic E-state index is 11.7. The first-order valence-corrected chi connectivity index (χ1v) is 26.1. The summed E-state index contributed by atoms with van der Waals surface area (Å²) in [4.78, 5) is 35.2. The van der Waals surface area contributed by atoms with Crippen LogP contribution in [0.15, 0.2) is 131 Å². The highest BCUT2D eigenvalue weighted by atomic mass is 16.6. The molecular formula is C61H56O25. The summed E-state index contributed by atoms with van der Waals surface area (Å²) in [6.45, 7) is -1.10. The Hall–Kier alpha value is -10.4. The Bertz CT molecular complexity index is 4140. The van der Waals surface area contributed by atoms with E-state index in [0.29, 0.717) is 50.1 Å². The third-order valence-electron chi connectivity index (χ3n) is 14.0. The molecule has 6 N–H and O–H groups in total. The van der Waals surface area contributed by atoms with Crippen LogP contribution in [0.4, 0.5) is 0 Å². The number of aromatic hydroxyl groups is 3. The molecule has 0 saturated carbocycles. The maximum absolute atomic E-state index is 11.7. The van der Waals surface area contributed by atoms with Crippen LogP contribution in [0.1, 0.15) is 35.0 Å². The van der Waals surface area contributed by atoms with E-state index < -0.39 is 60.1 Å². The van der Waals surface area contributed by atoms with Crippen molar-refractivity contribution < 1.29 is 105 Å². The summed E-state index contributed by atoms with van der Waals surface area (Å²) in [5, 5.41) is 61.3. The van der Waals surface area contributed by atoms with E-state index in [-0.39, 0.29) is 105 Å². The van der Waals surface area contributed by atoms with Crippen molar-refractivity contribution in [2.45, 2.75) is 36.6 Å². The van der Waals surface area contributed by atoms with Gasteiger partial charge in [-0.25, -0.2) is 14.4 Å². The van der Waals surface area contributed by atoms with Gasteiger partial charge in [0.2, 0.25) is 40.2 Å². The standard InChI is InChI=1S/C21H20O9.2C20H18O8/c1-25-12-7-11(8-13(26-2)17(12)24)18-15(9-22)28-21-19-10(4-5-16(23)29-19)6-14(27-3)20(21)30-18;1-24-13-7-10(3-5-12(13)22)17-15(9-21)26-20-18-11(4-6-16(23)27-18)8-14(25-2)19(20)28-17;1-24-13-7-10(3-5-12(13)22)17-15(9-21)26-19-14(25-2)8-11-4-6-16(23)27-18(11)20(19)28-17/h4-8,15,18,22,24H,9H2,1-3H3;2*3-8,15,17,21-22H,9H2,1-2H3/t15-,18-;2*15-,17-/m110/s1. The first kappa shape index (κ1) is 58.8. The van der Waals surface area contributed by atoms with Gasteiger partial charge >= 0.3 is 16.9 Å². The van der Waals surface area contributed by atoms with E-state index in [1.165, 1.54) is 80.1 Å². The first-order valence-electron chi connectivity index (χ1n) is 26.1. The van der Waals surface area contributed by atoms with Crippen molar-refractivity contribution in [1.82, 2.24) is 0 Å². The molecular weight excluding hydrogens is 1130 g/mol. The second-order valence-corrected chi connectivity index (χ2v) is 19.0. The molecule has 0 bridgehead atoms. The topological polar surface area (TPSA) is 332 Å². The van der Waals surface area contributed by atoms with Crippen LogP contribution in [0.25, 0.3) is 32.9 Å². The van der Waals surface area contributed by atoms with Gasteiger partial charge in [0.25, 0.3) is 0 Å². The van der Waals surface area contributed by atoms with Crippen LogP contribution in [0.2, 0.25) is 0 Å². The van der Waals surface area contributed by atoms with Crippen LogP contribution in [-0.4, -0.2) is 119 Å². The van der Waals surface area contributed by atoms with E-state index in [9.17, 15) is 45.0 Å². The number of aliphatic hydroxyl groups excluding tert-OH is 3. The molecule has 0 unspecified atom stereocenters.